The van der Waals surface area contributed by atoms with E-state index in [0.29, 0.717) is 16.7 Å². The number of nitrogens with zero attached hydrogens (tertiary/aromatic N) is 1. The molecule has 4 nitrogen and oxygen atoms in total. The van der Waals surface area contributed by atoms with E-state index in [0.717, 1.165) is 5.69 Å². The van der Waals surface area contributed by atoms with Gasteiger partial charge in [0.2, 0.25) is 5.78 Å². The standard InChI is InChI=1S/C16H11NO3/c1-17-13-9-5-3-7-11(13)14(18)16(17)12-8-4-2-6-10(12)15(19)20-16/h2-9H,1H3. The molecule has 20 heavy (non-hydrogen) atoms. The van der Waals surface area contributed by atoms with E-state index in [4.69, 9.17) is 4.74 Å². The number of rotatable bonds is 0. The Labute approximate surface area is 115 Å². The van der Waals surface area contributed by atoms with Gasteiger partial charge in [-0.15, -0.1) is 0 Å². The number of hydrogen-bond donors (Lipinski definition) is 0. The molecule has 2 aromatic rings. The van der Waals surface area contributed by atoms with Crippen LogP contribution in [0.15, 0.2) is 48.5 Å². The maximum atomic E-state index is 12.8. The van der Waals surface area contributed by atoms with Crippen molar-refractivity contribution in [1.29, 1.82) is 0 Å². The number of esters is 1. The fourth-order valence-electron chi connectivity index (χ4n) is 3.08. The second-order valence-electron chi connectivity index (χ2n) is 4.98. The van der Waals surface area contributed by atoms with E-state index < -0.39 is 11.7 Å². The number of anilines is 1. The summed E-state index contributed by atoms with van der Waals surface area (Å²) in [6.45, 7) is 0. The highest BCUT2D eigenvalue weighted by Crippen LogP contribution is 2.49. The number of hydrogen-bond acceptors (Lipinski definition) is 4. The number of Topliss-reactive ketones (excluding diaryl/α,β-unsaturated/α-hetero) is 1. The zero-order chi connectivity index (χ0) is 13.9. The summed E-state index contributed by atoms with van der Waals surface area (Å²) in [5, 5.41) is 0. The molecule has 0 N–H and O–H groups in total. The summed E-state index contributed by atoms with van der Waals surface area (Å²) >= 11 is 0. The Morgan fingerprint density at radius 3 is 2.35 bits per heavy atom. The van der Waals surface area contributed by atoms with Crippen LogP contribution in [-0.4, -0.2) is 18.8 Å². The number of para-hydroxylation sites is 1. The van der Waals surface area contributed by atoms with Crippen molar-refractivity contribution in [2.45, 2.75) is 5.72 Å². The van der Waals surface area contributed by atoms with Gasteiger partial charge in [-0.3, -0.25) is 4.79 Å². The molecule has 0 aliphatic carbocycles. The van der Waals surface area contributed by atoms with E-state index in [2.05, 4.69) is 0 Å². The van der Waals surface area contributed by atoms with E-state index in [1.54, 1.807) is 36.2 Å². The molecule has 0 bridgehead atoms. The highest BCUT2D eigenvalue weighted by atomic mass is 16.6. The summed E-state index contributed by atoms with van der Waals surface area (Å²) in [7, 11) is 1.78. The van der Waals surface area contributed by atoms with Gasteiger partial charge in [0.1, 0.15) is 0 Å². The number of fused-ring (bicyclic) bond motifs is 3. The molecular formula is C16H11NO3. The Kier molecular flexibility index (Phi) is 1.95. The van der Waals surface area contributed by atoms with E-state index in [1.165, 1.54) is 0 Å². The molecule has 0 amide bonds. The van der Waals surface area contributed by atoms with Gasteiger partial charge in [0, 0.05) is 18.2 Å². The third-order valence-corrected chi connectivity index (χ3v) is 4.04. The van der Waals surface area contributed by atoms with E-state index in [1.807, 2.05) is 24.3 Å². The molecule has 1 spiro atoms. The smallest absolute Gasteiger partial charge is 0.341 e. The summed E-state index contributed by atoms with van der Waals surface area (Å²) in [4.78, 5) is 26.6. The normalized spacial score (nSPS) is 22.9. The predicted octanol–water partition coefficient (Wildman–Crippen LogP) is 2.34. The van der Waals surface area contributed by atoms with Crippen molar-refractivity contribution in [2.24, 2.45) is 0 Å². The molecule has 0 fully saturated rings. The molecule has 0 radical (unpaired) electrons. The Balaban J connectivity index is 2.02. The zero-order valence-corrected chi connectivity index (χ0v) is 10.8. The Bertz CT molecular complexity index is 768. The zero-order valence-electron chi connectivity index (χ0n) is 10.8. The molecule has 98 valence electrons. The average molecular weight is 265 g/mol. The average Bonchev–Trinajstić information content (AvgIpc) is 2.90. The molecule has 0 saturated heterocycles. The first-order valence-corrected chi connectivity index (χ1v) is 6.37. The van der Waals surface area contributed by atoms with E-state index in [9.17, 15) is 9.59 Å². The van der Waals surface area contributed by atoms with Crippen molar-refractivity contribution < 1.29 is 14.3 Å². The van der Waals surface area contributed by atoms with Gasteiger partial charge < -0.3 is 9.64 Å². The number of benzene rings is 2. The molecule has 0 aromatic heterocycles. The van der Waals surface area contributed by atoms with Crippen LogP contribution < -0.4 is 4.90 Å². The molecule has 4 rings (SSSR count). The number of ketones is 1. The lowest BCUT2D eigenvalue weighted by Crippen LogP contribution is -2.45. The topological polar surface area (TPSA) is 46.6 Å². The van der Waals surface area contributed by atoms with E-state index >= 15 is 0 Å². The Hall–Kier alpha value is -2.62. The molecule has 1 unspecified atom stereocenters. The minimum absolute atomic E-state index is 0.186. The summed E-state index contributed by atoms with van der Waals surface area (Å²) in [5.74, 6) is -0.637. The maximum absolute atomic E-state index is 12.8. The monoisotopic (exact) mass is 265 g/mol. The largest absolute Gasteiger partial charge is 0.423 e. The van der Waals surface area contributed by atoms with Gasteiger partial charge in [-0.05, 0) is 18.2 Å². The van der Waals surface area contributed by atoms with Gasteiger partial charge in [0.05, 0.1) is 11.3 Å². The van der Waals surface area contributed by atoms with Crippen molar-refractivity contribution in [3.8, 4) is 0 Å². The highest BCUT2D eigenvalue weighted by molar-refractivity contribution is 6.17. The Morgan fingerprint density at radius 2 is 1.60 bits per heavy atom. The molecule has 0 saturated carbocycles. The van der Waals surface area contributed by atoms with Crippen molar-refractivity contribution in [3.63, 3.8) is 0 Å². The predicted molar refractivity (Wildman–Crippen MR) is 72.7 cm³/mol. The lowest BCUT2D eigenvalue weighted by molar-refractivity contribution is 0.00210. The fraction of sp³-hybridized carbons (Fsp3) is 0.125. The van der Waals surface area contributed by atoms with E-state index in [-0.39, 0.29) is 5.78 Å². The summed E-state index contributed by atoms with van der Waals surface area (Å²) < 4.78 is 5.52. The summed E-state index contributed by atoms with van der Waals surface area (Å²) in [6, 6.07) is 14.3. The van der Waals surface area contributed by atoms with Crippen LogP contribution in [0.2, 0.25) is 0 Å². The SMILES string of the molecule is CN1c2ccccc2C(=O)C12OC(=O)c1ccccc12. The summed E-state index contributed by atoms with van der Waals surface area (Å²) in [6.07, 6.45) is 0. The molecule has 2 aromatic carbocycles. The second kappa shape index (κ2) is 3.48. The van der Waals surface area contributed by atoms with Crippen LogP contribution in [0.5, 0.6) is 0 Å². The van der Waals surface area contributed by atoms with Crippen molar-refractivity contribution in [1.82, 2.24) is 0 Å². The third-order valence-electron chi connectivity index (χ3n) is 4.04. The number of carbonyl (C=O) groups is 2. The van der Waals surface area contributed by atoms with Gasteiger partial charge in [0.15, 0.2) is 0 Å². The first-order chi connectivity index (χ1) is 9.66. The van der Waals surface area contributed by atoms with Gasteiger partial charge in [-0.1, -0.05) is 30.3 Å². The molecule has 2 aliphatic heterocycles. The number of likely N-dealkylation sites (N-methyl/N-ethyl adjacent to an activating group) is 1. The van der Waals surface area contributed by atoms with Crippen molar-refractivity contribution in [2.75, 3.05) is 11.9 Å². The van der Waals surface area contributed by atoms with Crippen LogP contribution in [0.4, 0.5) is 5.69 Å². The lowest BCUT2D eigenvalue weighted by Gasteiger charge is -2.31. The Morgan fingerprint density at radius 1 is 0.950 bits per heavy atom. The number of carbonyl (C=O) groups excluding carboxylic acids is 2. The van der Waals surface area contributed by atoms with Gasteiger partial charge in [-0.25, -0.2) is 4.79 Å². The first-order valence-electron chi connectivity index (χ1n) is 6.37. The van der Waals surface area contributed by atoms with Crippen molar-refractivity contribution in [3.05, 3.63) is 65.2 Å². The lowest BCUT2D eigenvalue weighted by atomic mass is 9.95. The van der Waals surface area contributed by atoms with Crippen LogP contribution in [0.3, 0.4) is 0 Å². The maximum Gasteiger partial charge on any atom is 0.341 e. The number of ether oxygens (including phenoxy) is 1. The van der Waals surface area contributed by atoms with Crippen molar-refractivity contribution >= 4 is 17.4 Å². The van der Waals surface area contributed by atoms with Crippen LogP contribution in [0, 0.1) is 0 Å². The minimum atomic E-state index is -1.34. The molecule has 1 atom stereocenters. The first kappa shape index (κ1) is 11.2. The van der Waals surface area contributed by atoms with Crippen LogP contribution >= 0.6 is 0 Å². The van der Waals surface area contributed by atoms with Gasteiger partial charge in [0.25, 0.3) is 5.72 Å². The molecular weight excluding hydrogens is 254 g/mol. The second-order valence-corrected chi connectivity index (χ2v) is 4.98. The minimum Gasteiger partial charge on any atom is -0.423 e. The quantitative estimate of drug-likeness (QED) is 0.686. The van der Waals surface area contributed by atoms with Gasteiger partial charge >= 0.3 is 5.97 Å². The van der Waals surface area contributed by atoms with Crippen LogP contribution in [0.1, 0.15) is 26.3 Å². The highest BCUT2D eigenvalue weighted by Gasteiger charge is 2.59. The van der Waals surface area contributed by atoms with Gasteiger partial charge in [-0.2, -0.15) is 0 Å². The molecule has 2 aliphatic rings. The third kappa shape index (κ3) is 1.08. The molecule has 4 heteroatoms. The van der Waals surface area contributed by atoms with Crippen LogP contribution in [-0.2, 0) is 10.5 Å². The fourth-order valence-corrected chi connectivity index (χ4v) is 3.08. The molecule has 2 heterocycles. The van der Waals surface area contributed by atoms with Crippen LogP contribution in [0.25, 0.3) is 0 Å². The summed E-state index contributed by atoms with van der Waals surface area (Å²) in [5.41, 5.74) is 1.10.